The number of rotatable bonds is 2. The first-order valence-corrected chi connectivity index (χ1v) is 4.15. The van der Waals surface area contributed by atoms with Gasteiger partial charge in [-0.05, 0) is 13.8 Å². The Labute approximate surface area is 76.5 Å². The van der Waals surface area contributed by atoms with E-state index >= 15 is 0 Å². The van der Waals surface area contributed by atoms with E-state index in [0.29, 0.717) is 18.6 Å². The number of esters is 2. The maximum absolute atomic E-state index is 11.2. The molecule has 1 aliphatic rings. The fourth-order valence-corrected chi connectivity index (χ4v) is 0.924. The van der Waals surface area contributed by atoms with Crippen molar-refractivity contribution in [2.24, 2.45) is 0 Å². The highest BCUT2D eigenvalue weighted by molar-refractivity contribution is 5.90. The molecule has 0 aliphatic carbocycles. The van der Waals surface area contributed by atoms with Gasteiger partial charge in [0.15, 0.2) is 0 Å². The summed E-state index contributed by atoms with van der Waals surface area (Å²) < 4.78 is 9.54. The molecule has 72 valence electrons. The molecule has 1 heterocycles. The van der Waals surface area contributed by atoms with E-state index in [0.717, 1.165) is 0 Å². The molecule has 0 spiro atoms. The fourth-order valence-electron chi connectivity index (χ4n) is 0.924. The van der Waals surface area contributed by atoms with Crippen molar-refractivity contribution in [3.63, 3.8) is 0 Å². The molecule has 4 heteroatoms. The Morgan fingerprint density at radius 2 is 2.38 bits per heavy atom. The van der Waals surface area contributed by atoms with Crippen LogP contribution in [0.25, 0.3) is 0 Å². The van der Waals surface area contributed by atoms with Crippen molar-refractivity contribution < 1.29 is 19.1 Å². The van der Waals surface area contributed by atoms with Crippen molar-refractivity contribution in [1.82, 2.24) is 0 Å². The smallest absolute Gasteiger partial charge is 0.347 e. The van der Waals surface area contributed by atoms with Crippen molar-refractivity contribution in [3.05, 3.63) is 11.6 Å². The largest absolute Gasteiger partial charge is 0.463 e. The molecule has 0 aromatic rings. The van der Waals surface area contributed by atoms with E-state index in [2.05, 4.69) is 4.74 Å². The van der Waals surface area contributed by atoms with Gasteiger partial charge in [0, 0.05) is 12.0 Å². The van der Waals surface area contributed by atoms with Crippen LogP contribution in [-0.2, 0) is 19.1 Å². The number of hydrogen-bond acceptors (Lipinski definition) is 4. The Morgan fingerprint density at radius 3 is 2.85 bits per heavy atom. The standard InChI is InChI=1S/C9H12O4/c1-3-6(2)8(10)13-7-4-5-12-9(7)11/h3,7H,4-5H2,1-2H3/b6-3+. The quantitative estimate of drug-likeness (QED) is 0.470. The van der Waals surface area contributed by atoms with Gasteiger partial charge in [0.25, 0.3) is 0 Å². The van der Waals surface area contributed by atoms with Gasteiger partial charge < -0.3 is 9.47 Å². The summed E-state index contributed by atoms with van der Waals surface area (Å²) in [5.74, 6) is -0.899. The molecule has 1 unspecified atom stereocenters. The summed E-state index contributed by atoms with van der Waals surface area (Å²) in [7, 11) is 0. The summed E-state index contributed by atoms with van der Waals surface area (Å²) in [4.78, 5) is 22.1. The van der Waals surface area contributed by atoms with Gasteiger partial charge in [-0.2, -0.15) is 0 Å². The van der Waals surface area contributed by atoms with Gasteiger partial charge in [-0.15, -0.1) is 0 Å². The molecule has 13 heavy (non-hydrogen) atoms. The highest BCUT2D eigenvalue weighted by atomic mass is 16.6. The van der Waals surface area contributed by atoms with Crippen molar-refractivity contribution in [1.29, 1.82) is 0 Å². The zero-order valence-electron chi connectivity index (χ0n) is 7.70. The van der Waals surface area contributed by atoms with E-state index in [9.17, 15) is 9.59 Å². The van der Waals surface area contributed by atoms with Gasteiger partial charge in [-0.1, -0.05) is 6.08 Å². The summed E-state index contributed by atoms with van der Waals surface area (Å²) in [6.07, 6.45) is 1.40. The van der Waals surface area contributed by atoms with Crippen LogP contribution in [0.3, 0.4) is 0 Å². The Kier molecular flexibility index (Phi) is 3.06. The minimum absolute atomic E-state index is 0.339. The van der Waals surface area contributed by atoms with Crippen LogP contribution in [0.1, 0.15) is 20.3 Å². The van der Waals surface area contributed by atoms with Crippen LogP contribution in [0.5, 0.6) is 0 Å². The lowest BCUT2D eigenvalue weighted by molar-refractivity contribution is -0.157. The van der Waals surface area contributed by atoms with E-state index in [4.69, 9.17) is 4.74 Å². The number of cyclic esters (lactones) is 1. The molecule has 0 aromatic carbocycles. The van der Waals surface area contributed by atoms with Gasteiger partial charge in [0.2, 0.25) is 6.10 Å². The zero-order valence-corrected chi connectivity index (χ0v) is 7.70. The van der Waals surface area contributed by atoms with Gasteiger partial charge in [0.1, 0.15) is 0 Å². The Bertz CT molecular complexity index is 254. The van der Waals surface area contributed by atoms with E-state index in [1.54, 1.807) is 19.9 Å². The maximum Gasteiger partial charge on any atom is 0.347 e. The third-order valence-electron chi connectivity index (χ3n) is 1.89. The molecule has 4 nitrogen and oxygen atoms in total. The second-order valence-corrected chi connectivity index (χ2v) is 2.82. The van der Waals surface area contributed by atoms with Crippen LogP contribution < -0.4 is 0 Å². The predicted molar refractivity (Wildman–Crippen MR) is 44.9 cm³/mol. The number of allylic oxidation sites excluding steroid dienone is 1. The zero-order chi connectivity index (χ0) is 9.84. The molecule has 1 saturated heterocycles. The summed E-state index contributed by atoms with van der Waals surface area (Å²) >= 11 is 0. The average molecular weight is 184 g/mol. The van der Waals surface area contributed by atoms with E-state index in [-0.39, 0.29) is 0 Å². The molecule has 1 rings (SSSR count). The monoisotopic (exact) mass is 184 g/mol. The maximum atomic E-state index is 11.2. The van der Waals surface area contributed by atoms with Crippen LogP contribution in [0.4, 0.5) is 0 Å². The molecule has 1 aliphatic heterocycles. The van der Waals surface area contributed by atoms with Crippen molar-refractivity contribution in [3.8, 4) is 0 Å². The molecule has 0 amide bonds. The topological polar surface area (TPSA) is 52.6 Å². The van der Waals surface area contributed by atoms with Crippen molar-refractivity contribution >= 4 is 11.9 Å². The number of carbonyl (C=O) groups excluding carboxylic acids is 2. The average Bonchev–Trinajstić information content (AvgIpc) is 2.50. The van der Waals surface area contributed by atoms with Gasteiger partial charge in [-0.3, -0.25) is 0 Å². The van der Waals surface area contributed by atoms with Crippen LogP contribution in [0.15, 0.2) is 11.6 Å². The fraction of sp³-hybridized carbons (Fsp3) is 0.556. The van der Waals surface area contributed by atoms with Crippen LogP contribution in [0, 0.1) is 0 Å². The highest BCUT2D eigenvalue weighted by Crippen LogP contribution is 2.12. The first-order valence-electron chi connectivity index (χ1n) is 4.15. The second-order valence-electron chi connectivity index (χ2n) is 2.82. The lowest BCUT2D eigenvalue weighted by Gasteiger charge is -2.07. The second kappa shape index (κ2) is 4.07. The van der Waals surface area contributed by atoms with Crippen molar-refractivity contribution in [2.45, 2.75) is 26.4 Å². The summed E-state index contributed by atoms with van der Waals surface area (Å²) in [5.41, 5.74) is 0.500. The van der Waals surface area contributed by atoms with E-state index in [1.807, 2.05) is 0 Å². The molecule has 0 aromatic heterocycles. The SMILES string of the molecule is C/C=C(\C)C(=O)OC1CCOC1=O. The molecular formula is C9H12O4. The Hall–Kier alpha value is -1.32. The van der Waals surface area contributed by atoms with Gasteiger partial charge in [-0.25, -0.2) is 9.59 Å². The highest BCUT2D eigenvalue weighted by Gasteiger charge is 2.30. The van der Waals surface area contributed by atoms with Crippen LogP contribution in [0.2, 0.25) is 0 Å². The first kappa shape index (κ1) is 9.77. The molecule has 0 N–H and O–H groups in total. The number of ether oxygens (including phenoxy) is 2. The van der Waals surface area contributed by atoms with Gasteiger partial charge >= 0.3 is 11.9 Å². The lowest BCUT2D eigenvalue weighted by Crippen LogP contribution is -2.22. The molecular weight excluding hydrogens is 172 g/mol. The van der Waals surface area contributed by atoms with Crippen LogP contribution in [-0.4, -0.2) is 24.6 Å². The summed E-state index contributed by atoms with van der Waals surface area (Å²) in [6, 6.07) is 0. The molecule has 1 atom stereocenters. The van der Waals surface area contributed by atoms with Gasteiger partial charge in [0.05, 0.1) is 6.61 Å². The molecule has 1 fully saturated rings. The first-order chi connectivity index (χ1) is 6.15. The minimum Gasteiger partial charge on any atom is -0.463 e. The van der Waals surface area contributed by atoms with E-state index in [1.165, 1.54) is 0 Å². The molecule has 0 bridgehead atoms. The number of hydrogen-bond donors (Lipinski definition) is 0. The lowest BCUT2D eigenvalue weighted by atomic mass is 10.3. The Balaban J connectivity index is 2.49. The predicted octanol–water partition coefficient (Wildman–Crippen LogP) is 0.811. The third kappa shape index (κ3) is 2.31. The van der Waals surface area contributed by atoms with E-state index < -0.39 is 18.0 Å². The summed E-state index contributed by atoms with van der Waals surface area (Å²) in [5, 5.41) is 0. The number of carbonyl (C=O) groups is 2. The summed E-state index contributed by atoms with van der Waals surface area (Å²) in [6.45, 7) is 3.72. The minimum atomic E-state index is -0.706. The molecule has 0 saturated carbocycles. The molecule has 0 radical (unpaired) electrons. The third-order valence-corrected chi connectivity index (χ3v) is 1.89. The Morgan fingerprint density at radius 1 is 1.69 bits per heavy atom. The normalized spacial score (nSPS) is 22.8. The van der Waals surface area contributed by atoms with Crippen molar-refractivity contribution in [2.75, 3.05) is 6.61 Å². The van der Waals surface area contributed by atoms with Crippen LogP contribution >= 0.6 is 0 Å².